The molecule has 1 aromatic carbocycles. The fraction of sp³-hybridized carbons (Fsp3) is 0.222. The van der Waals surface area contributed by atoms with E-state index < -0.39 is 11.9 Å². The van der Waals surface area contributed by atoms with E-state index in [1.165, 1.54) is 23.7 Å². The first kappa shape index (κ1) is 26.0. The molecule has 0 saturated heterocycles. The Hall–Kier alpha value is -4.08. The molecule has 0 aliphatic rings. The number of amides is 1. The van der Waals surface area contributed by atoms with E-state index in [9.17, 15) is 14.4 Å². The third-order valence-electron chi connectivity index (χ3n) is 5.62. The van der Waals surface area contributed by atoms with E-state index in [-0.39, 0.29) is 47.4 Å². The Morgan fingerprint density at radius 1 is 1.16 bits per heavy atom. The number of aryl methyl sites for hydroxylation is 1. The second kappa shape index (κ2) is 11.3. The number of pyridine rings is 2. The van der Waals surface area contributed by atoms with Crippen LogP contribution in [0.4, 0.5) is 0 Å². The maximum atomic E-state index is 13.4. The lowest BCUT2D eigenvalue weighted by atomic mass is 10.2. The third kappa shape index (κ3) is 5.52. The van der Waals surface area contributed by atoms with E-state index in [0.29, 0.717) is 10.7 Å². The molecule has 0 fully saturated rings. The van der Waals surface area contributed by atoms with E-state index >= 15 is 0 Å². The number of rotatable bonds is 7. The molecule has 0 saturated carbocycles. The summed E-state index contributed by atoms with van der Waals surface area (Å²) in [6, 6.07) is 11.9. The van der Waals surface area contributed by atoms with Gasteiger partial charge in [-0.25, -0.2) is 9.78 Å². The van der Waals surface area contributed by atoms with Crippen molar-refractivity contribution in [2.45, 2.75) is 20.4 Å². The van der Waals surface area contributed by atoms with Crippen molar-refractivity contribution in [1.29, 1.82) is 0 Å². The Morgan fingerprint density at radius 2 is 1.92 bits per heavy atom. The van der Waals surface area contributed by atoms with Gasteiger partial charge in [0.05, 0.1) is 18.6 Å². The fourth-order valence-electron chi connectivity index (χ4n) is 3.84. The largest absolute Gasteiger partial charge is 0.462 e. The molecule has 0 N–H and O–H groups in total. The van der Waals surface area contributed by atoms with E-state index in [1.54, 1.807) is 54.1 Å². The smallest absolute Gasteiger partial charge is 0.341 e. The van der Waals surface area contributed by atoms with E-state index in [0.717, 1.165) is 11.1 Å². The monoisotopic (exact) mass is 520 g/mol. The molecule has 1 amide bonds. The number of benzene rings is 1. The first-order chi connectivity index (χ1) is 17.8. The molecule has 0 bridgehead atoms. The van der Waals surface area contributed by atoms with Crippen LogP contribution in [0.1, 0.15) is 28.4 Å². The third-order valence-corrected chi connectivity index (χ3v) is 5.88. The van der Waals surface area contributed by atoms with Crippen molar-refractivity contribution in [2.75, 3.05) is 20.3 Å². The number of methoxy groups -OCH3 is 1. The van der Waals surface area contributed by atoms with Gasteiger partial charge in [0, 0.05) is 31.0 Å². The number of fused-ring (bicyclic) bond motifs is 2. The van der Waals surface area contributed by atoms with Gasteiger partial charge in [-0.1, -0.05) is 29.8 Å². The Balaban J connectivity index is 2.01. The number of ether oxygens (including phenoxy) is 2. The number of esters is 1. The fourth-order valence-corrected chi connectivity index (χ4v) is 3.97. The molecule has 0 aliphatic carbocycles. The minimum absolute atomic E-state index is 0.0230. The number of aromatic nitrogens is 3. The molecule has 3 aromatic heterocycles. The number of carbonyl (C=O) groups excluding carboxylic acids is 2. The maximum Gasteiger partial charge on any atom is 0.341 e. The van der Waals surface area contributed by atoms with Crippen LogP contribution >= 0.6 is 11.6 Å². The summed E-state index contributed by atoms with van der Waals surface area (Å²) in [7, 11) is 1.52. The van der Waals surface area contributed by atoms with Crippen LogP contribution in [0.25, 0.3) is 22.8 Å². The molecular weight excluding hydrogens is 496 g/mol. The predicted molar refractivity (Wildman–Crippen MR) is 141 cm³/mol. The lowest BCUT2D eigenvalue weighted by Crippen LogP contribution is -2.33. The highest BCUT2D eigenvalue weighted by Gasteiger charge is 2.20. The van der Waals surface area contributed by atoms with Gasteiger partial charge < -0.3 is 14.0 Å². The van der Waals surface area contributed by atoms with E-state index in [2.05, 4.69) is 4.99 Å². The molecule has 10 heteroatoms. The summed E-state index contributed by atoms with van der Waals surface area (Å²) in [6.07, 6.45) is 4.49. The van der Waals surface area contributed by atoms with Crippen molar-refractivity contribution in [3.63, 3.8) is 0 Å². The Labute approximate surface area is 217 Å². The van der Waals surface area contributed by atoms with Gasteiger partial charge in [-0.15, -0.1) is 0 Å². The topological polar surface area (TPSA) is 104 Å². The minimum atomic E-state index is -0.711. The van der Waals surface area contributed by atoms with Gasteiger partial charge in [-0.3, -0.25) is 14.0 Å². The highest BCUT2D eigenvalue weighted by atomic mass is 35.5. The number of hydrogen-bond donors (Lipinski definition) is 0. The predicted octanol–water partition coefficient (Wildman–Crippen LogP) is 3.57. The molecular formula is C27H25ClN4O5. The summed E-state index contributed by atoms with van der Waals surface area (Å²) in [4.78, 5) is 48.3. The summed E-state index contributed by atoms with van der Waals surface area (Å²) in [6.45, 7) is 4.02. The number of nitrogens with zero attached hydrogens (tertiary/aromatic N) is 4. The van der Waals surface area contributed by atoms with Crippen molar-refractivity contribution in [1.82, 2.24) is 14.0 Å². The molecule has 0 unspecified atom stereocenters. The van der Waals surface area contributed by atoms with Crippen molar-refractivity contribution in [3.05, 3.63) is 92.3 Å². The number of carbonyl (C=O) groups is 2. The van der Waals surface area contributed by atoms with Gasteiger partial charge >= 0.3 is 5.97 Å². The second-order valence-electron chi connectivity index (χ2n) is 8.12. The summed E-state index contributed by atoms with van der Waals surface area (Å²) in [5.41, 5.74) is 1.91. The van der Waals surface area contributed by atoms with Gasteiger partial charge in [0.1, 0.15) is 16.9 Å². The molecule has 4 rings (SSSR count). The average Bonchev–Trinajstić information content (AvgIpc) is 2.88. The molecule has 3 heterocycles. The van der Waals surface area contributed by atoms with Crippen molar-refractivity contribution in [2.24, 2.45) is 4.99 Å². The van der Waals surface area contributed by atoms with Gasteiger partial charge in [-0.2, -0.15) is 4.99 Å². The zero-order valence-electron chi connectivity index (χ0n) is 20.6. The van der Waals surface area contributed by atoms with Crippen molar-refractivity contribution < 1.29 is 19.1 Å². The first-order valence-electron chi connectivity index (χ1n) is 11.6. The second-order valence-corrected chi connectivity index (χ2v) is 8.56. The Morgan fingerprint density at radius 3 is 2.62 bits per heavy atom. The zero-order valence-corrected chi connectivity index (χ0v) is 21.4. The van der Waals surface area contributed by atoms with E-state index in [1.807, 2.05) is 13.0 Å². The molecule has 190 valence electrons. The summed E-state index contributed by atoms with van der Waals surface area (Å²) in [5, 5.41) is 0.763. The van der Waals surface area contributed by atoms with Crippen LogP contribution in [-0.4, -0.2) is 46.2 Å². The zero-order chi connectivity index (χ0) is 26.5. The van der Waals surface area contributed by atoms with E-state index in [4.69, 9.17) is 26.1 Å². The van der Waals surface area contributed by atoms with Gasteiger partial charge in [-0.05, 0) is 55.3 Å². The van der Waals surface area contributed by atoms with Crippen molar-refractivity contribution >= 4 is 46.2 Å². The van der Waals surface area contributed by atoms with Gasteiger partial charge in [0.2, 0.25) is 0 Å². The summed E-state index contributed by atoms with van der Waals surface area (Å²) < 4.78 is 13.5. The van der Waals surface area contributed by atoms with Crippen molar-refractivity contribution in [3.8, 4) is 0 Å². The molecule has 0 aliphatic heterocycles. The highest BCUT2D eigenvalue weighted by Crippen LogP contribution is 2.14. The van der Waals surface area contributed by atoms with Crippen LogP contribution in [0.3, 0.4) is 0 Å². The quantitative estimate of drug-likeness (QED) is 0.209. The molecule has 9 nitrogen and oxygen atoms in total. The SMILES string of the molecule is CCOC(=O)c1cc2c(=O)n3cccc(C)c3nc2n(CCOC)c1=NC(=O)/C=C/c1ccc(Cl)cc1. The van der Waals surface area contributed by atoms with Crippen LogP contribution in [0, 0.1) is 6.92 Å². The van der Waals surface area contributed by atoms with Gasteiger partial charge in [0.15, 0.2) is 5.49 Å². The first-order valence-corrected chi connectivity index (χ1v) is 12.0. The molecule has 37 heavy (non-hydrogen) atoms. The molecule has 4 aromatic rings. The van der Waals surface area contributed by atoms with Crippen LogP contribution < -0.4 is 11.0 Å². The van der Waals surface area contributed by atoms with Gasteiger partial charge in [0.25, 0.3) is 11.5 Å². The molecule has 0 radical (unpaired) electrons. The standard InChI is InChI=1S/C27H25ClN4O5/c1-4-37-27(35)21-16-20-24(30-23-17(2)6-5-13-32(23)26(20)34)31(14-15-36-3)25(21)29-22(33)12-9-18-7-10-19(28)11-8-18/h5-13,16H,4,14-15H2,1-3H3/b12-9+,29-25?. The summed E-state index contributed by atoms with van der Waals surface area (Å²) >= 11 is 5.92. The average molecular weight is 521 g/mol. The lowest BCUT2D eigenvalue weighted by molar-refractivity contribution is -0.113. The lowest BCUT2D eigenvalue weighted by Gasteiger charge is -2.15. The molecule has 0 atom stereocenters. The summed E-state index contributed by atoms with van der Waals surface area (Å²) in [5.74, 6) is -1.32. The number of hydrogen-bond acceptors (Lipinski definition) is 6. The maximum absolute atomic E-state index is 13.4. The van der Waals surface area contributed by atoms with Crippen LogP contribution in [0.5, 0.6) is 0 Å². The Bertz CT molecular complexity index is 1650. The highest BCUT2D eigenvalue weighted by molar-refractivity contribution is 6.30. The van der Waals surface area contributed by atoms with Crippen LogP contribution in [-0.2, 0) is 20.8 Å². The molecule has 0 spiro atoms. The van der Waals surface area contributed by atoms with Crippen LogP contribution in [0.2, 0.25) is 5.02 Å². The normalized spacial score (nSPS) is 12.1. The minimum Gasteiger partial charge on any atom is -0.462 e. The van der Waals surface area contributed by atoms with Crippen LogP contribution in [0.15, 0.2) is 64.5 Å². The Kier molecular flexibility index (Phi) is 7.95. The number of halogens is 1.